The van der Waals surface area contributed by atoms with E-state index >= 15 is 0 Å². The summed E-state index contributed by atoms with van der Waals surface area (Å²) >= 11 is 6.18. The fourth-order valence-electron chi connectivity index (χ4n) is 5.52. The first-order valence-electron chi connectivity index (χ1n) is 14.8. The molecule has 0 N–H and O–H groups in total. The SMILES string of the molecule is CC1(COc2c(N3CCN(S(=O)(=O)Cc4ccc(-n5cnc6cnccc65)cc4)CC3)cnn(-c3cccc(Cl)c3)c2=O)CC1. The molecule has 232 valence electrons. The molecule has 45 heavy (non-hydrogen) atoms. The number of pyridine rings is 1. The van der Waals surface area contributed by atoms with Crippen LogP contribution in [0.5, 0.6) is 5.75 Å². The van der Waals surface area contributed by atoms with E-state index in [2.05, 4.69) is 22.0 Å². The maximum Gasteiger partial charge on any atom is 0.316 e. The predicted octanol–water partition coefficient (Wildman–Crippen LogP) is 4.45. The molecule has 1 aliphatic carbocycles. The van der Waals surface area contributed by atoms with Gasteiger partial charge in [-0.15, -0.1) is 0 Å². The van der Waals surface area contributed by atoms with Crippen LogP contribution in [0.1, 0.15) is 25.3 Å². The predicted molar refractivity (Wildman–Crippen MR) is 173 cm³/mol. The number of halogens is 1. The van der Waals surface area contributed by atoms with Gasteiger partial charge in [-0.25, -0.2) is 13.4 Å². The molecule has 0 spiro atoms. The summed E-state index contributed by atoms with van der Waals surface area (Å²) in [5.41, 5.74) is 4.09. The number of nitrogens with zero attached hydrogens (tertiary/aromatic N) is 7. The van der Waals surface area contributed by atoms with E-state index in [-0.39, 0.29) is 35.6 Å². The van der Waals surface area contributed by atoms with Crippen molar-refractivity contribution in [2.24, 2.45) is 5.41 Å². The first kappa shape index (κ1) is 29.5. The normalized spacial score (nSPS) is 16.6. The molecule has 7 rings (SSSR count). The minimum atomic E-state index is -3.58. The summed E-state index contributed by atoms with van der Waals surface area (Å²) in [5, 5.41) is 4.93. The summed E-state index contributed by atoms with van der Waals surface area (Å²) in [5.74, 6) is 0.114. The van der Waals surface area contributed by atoms with E-state index in [4.69, 9.17) is 16.3 Å². The summed E-state index contributed by atoms with van der Waals surface area (Å²) in [6.45, 7) is 3.93. The lowest BCUT2D eigenvalue weighted by Crippen LogP contribution is -2.49. The Morgan fingerprint density at radius 3 is 2.49 bits per heavy atom. The first-order valence-corrected chi connectivity index (χ1v) is 16.8. The zero-order chi connectivity index (χ0) is 31.2. The molecule has 0 radical (unpaired) electrons. The van der Waals surface area contributed by atoms with E-state index < -0.39 is 10.0 Å². The van der Waals surface area contributed by atoms with Crippen molar-refractivity contribution in [2.75, 3.05) is 37.7 Å². The Bertz CT molecular complexity index is 2030. The fraction of sp³-hybridized carbons (Fsp3) is 0.312. The molecule has 3 aromatic heterocycles. The van der Waals surface area contributed by atoms with E-state index in [0.717, 1.165) is 29.6 Å². The van der Waals surface area contributed by atoms with Gasteiger partial charge in [0, 0.05) is 48.5 Å². The zero-order valence-corrected chi connectivity index (χ0v) is 26.3. The van der Waals surface area contributed by atoms with Crippen molar-refractivity contribution in [3.05, 3.63) is 100 Å². The van der Waals surface area contributed by atoms with Crippen molar-refractivity contribution in [3.63, 3.8) is 0 Å². The second kappa shape index (κ2) is 11.6. The molecule has 0 amide bonds. The zero-order valence-electron chi connectivity index (χ0n) is 24.7. The fourth-order valence-corrected chi connectivity index (χ4v) is 7.22. The minimum Gasteiger partial charge on any atom is -0.486 e. The number of fused-ring (bicyclic) bond motifs is 1. The Kier molecular flexibility index (Phi) is 7.58. The number of benzene rings is 2. The van der Waals surface area contributed by atoms with Crippen molar-refractivity contribution in [1.82, 2.24) is 28.6 Å². The number of rotatable bonds is 9. The van der Waals surface area contributed by atoms with Crippen LogP contribution in [0.15, 0.2) is 84.3 Å². The second-order valence-corrected chi connectivity index (χ2v) is 14.3. The summed E-state index contributed by atoms with van der Waals surface area (Å²) in [7, 11) is -3.58. The van der Waals surface area contributed by atoms with Crippen molar-refractivity contribution >= 4 is 38.3 Å². The van der Waals surface area contributed by atoms with Gasteiger partial charge in [-0.05, 0) is 54.8 Å². The number of hydrogen-bond donors (Lipinski definition) is 0. The number of hydrogen-bond acceptors (Lipinski definition) is 8. The van der Waals surface area contributed by atoms with E-state index in [1.807, 2.05) is 39.8 Å². The van der Waals surface area contributed by atoms with Gasteiger partial charge in [0.2, 0.25) is 15.8 Å². The third kappa shape index (κ3) is 6.05. The Labute approximate surface area is 265 Å². The Morgan fingerprint density at radius 1 is 0.978 bits per heavy atom. The monoisotopic (exact) mass is 645 g/mol. The van der Waals surface area contributed by atoms with E-state index in [1.165, 1.54) is 8.99 Å². The average molecular weight is 646 g/mol. The van der Waals surface area contributed by atoms with Crippen molar-refractivity contribution < 1.29 is 13.2 Å². The number of aromatic nitrogens is 5. The highest BCUT2D eigenvalue weighted by Gasteiger charge is 2.39. The van der Waals surface area contributed by atoms with Crippen LogP contribution in [0, 0.1) is 5.41 Å². The molecule has 4 heterocycles. The Morgan fingerprint density at radius 2 is 1.76 bits per heavy atom. The molecule has 0 bridgehead atoms. The van der Waals surface area contributed by atoms with Crippen LogP contribution < -0.4 is 15.2 Å². The average Bonchev–Trinajstić information content (AvgIpc) is 3.62. The molecule has 13 heteroatoms. The number of piperazine rings is 1. The van der Waals surface area contributed by atoms with Crippen molar-refractivity contribution in [2.45, 2.75) is 25.5 Å². The molecule has 2 fully saturated rings. The number of imidazole rings is 1. The van der Waals surface area contributed by atoms with Gasteiger partial charge < -0.3 is 9.64 Å². The first-order chi connectivity index (χ1) is 21.7. The minimum absolute atomic E-state index is 0.0584. The van der Waals surface area contributed by atoms with Gasteiger partial charge in [-0.1, -0.05) is 36.7 Å². The van der Waals surface area contributed by atoms with Gasteiger partial charge >= 0.3 is 5.56 Å². The smallest absolute Gasteiger partial charge is 0.316 e. The standard InChI is InChI=1S/C32H32ClN7O4S/c1-32(10-11-32)21-44-30-29(19-36-40(31(30)41)26-4-2-3-24(33)17-26)37-13-15-38(16-14-37)45(42,43)20-23-5-7-25(8-6-23)39-22-35-27-18-34-12-9-28(27)39/h2-9,12,17-19,22H,10-11,13-16,20-21H2,1H3. The van der Waals surface area contributed by atoms with Crippen LogP contribution >= 0.6 is 11.6 Å². The Hall–Kier alpha value is -4.26. The van der Waals surface area contributed by atoms with Crippen molar-refractivity contribution in [1.29, 1.82) is 0 Å². The van der Waals surface area contributed by atoms with Gasteiger partial charge in [0.25, 0.3) is 0 Å². The van der Waals surface area contributed by atoms with E-state index in [0.29, 0.717) is 41.7 Å². The van der Waals surface area contributed by atoms with Gasteiger partial charge in [0.1, 0.15) is 17.5 Å². The van der Waals surface area contributed by atoms with Crippen molar-refractivity contribution in [3.8, 4) is 17.1 Å². The summed E-state index contributed by atoms with van der Waals surface area (Å²) in [6, 6.07) is 16.3. The van der Waals surface area contributed by atoms with E-state index in [1.54, 1.807) is 49.2 Å². The maximum atomic E-state index is 13.7. The lowest BCUT2D eigenvalue weighted by molar-refractivity contribution is 0.242. The molecule has 11 nitrogen and oxygen atoms in total. The van der Waals surface area contributed by atoms with Crippen LogP contribution in [0.3, 0.4) is 0 Å². The number of anilines is 1. The van der Waals surface area contributed by atoms with Crippen LogP contribution in [0.25, 0.3) is 22.4 Å². The molecule has 1 aliphatic heterocycles. The van der Waals surface area contributed by atoms with Gasteiger partial charge in [0.05, 0.1) is 36.0 Å². The number of ether oxygens (including phenoxy) is 1. The van der Waals surface area contributed by atoms with Crippen LogP contribution in [0.2, 0.25) is 5.02 Å². The maximum absolute atomic E-state index is 13.7. The molecule has 2 aliphatic rings. The molecule has 0 atom stereocenters. The molecule has 0 unspecified atom stereocenters. The third-order valence-electron chi connectivity index (χ3n) is 8.52. The van der Waals surface area contributed by atoms with Gasteiger partial charge in [0.15, 0.2) is 0 Å². The molecular formula is C32H32ClN7O4S. The van der Waals surface area contributed by atoms with E-state index in [9.17, 15) is 13.2 Å². The lowest BCUT2D eigenvalue weighted by Gasteiger charge is -2.35. The molecule has 1 saturated carbocycles. The highest BCUT2D eigenvalue weighted by atomic mass is 35.5. The van der Waals surface area contributed by atoms with Crippen LogP contribution in [0.4, 0.5) is 5.69 Å². The summed E-state index contributed by atoms with van der Waals surface area (Å²) in [6.07, 6.45) is 8.88. The van der Waals surface area contributed by atoms with Crippen LogP contribution in [-0.2, 0) is 15.8 Å². The quantitative estimate of drug-likeness (QED) is 0.231. The van der Waals surface area contributed by atoms with Crippen LogP contribution in [-0.4, -0.2) is 69.8 Å². The highest BCUT2D eigenvalue weighted by molar-refractivity contribution is 7.88. The summed E-state index contributed by atoms with van der Waals surface area (Å²) in [4.78, 5) is 24.1. The second-order valence-electron chi connectivity index (χ2n) is 11.9. The molecule has 1 saturated heterocycles. The Balaban J connectivity index is 1.06. The third-order valence-corrected chi connectivity index (χ3v) is 10.6. The number of sulfonamides is 1. The topological polar surface area (TPSA) is 115 Å². The largest absolute Gasteiger partial charge is 0.486 e. The summed E-state index contributed by atoms with van der Waals surface area (Å²) < 4.78 is 37.8. The molecule has 5 aromatic rings. The van der Waals surface area contributed by atoms with Gasteiger partial charge in [-0.3, -0.25) is 14.3 Å². The van der Waals surface area contributed by atoms with Gasteiger partial charge in [-0.2, -0.15) is 14.1 Å². The highest BCUT2D eigenvalue weighted by Crippen LogP contribution is 2.45. The molecular weight excluding hydrogens is 614 g/mol. The molecule has 2 aromatic carbocycles. The lowest BCUT2D eigenvalue weighted by atomic mass is 10.2.